The number of hydrogen-bond acceptors (Lipinski definition) is 2. The molecule has 0 heterocycles. The number of aliphatic carboxylic acids is 2. The van der Waals surface area contributed by atoms with Crippen molar-refractivity contribution in [1.82, 2.24) is 0 Å². The second-order valence-corrected chi connectivity index (χ2v) is 2.17. The third-order valence-electron chi connectivity index (χ3n) is 0.730. The zero-order valence-corrected chi connectivity index (χ0v) is 11.4. The van der Waals surface area contributed by atoms with E-state index in [-0.39, 0.29) is 11.1 Å². The summed E-state index contributed by atoms with van der Waals surface area (Å²) in [7, 11) is 0. The molecule has 2 N–H and O–H groups in total. The van der Waals surface area contributed by atoms with Crippen molar-refractivity contribution in [2.75, 3.05) is 0 Å². The molecule has 0 spiro atoms. The number of carboxylic acid groups (broad SMARTS) is 2. The van der Waals surface area contributed by atoms with Crippen molar-refractivity contribution in [3.8, 4) is 0 Å². The molecule has 0 amide bonds. The Morgan fingerprint density at radius 1 is 0.929 bits per heavy atom. The SMILES string of the molecule is C=C(C)C(=O)O.C=C(C)C(=O)O.[Se]=[Se]. The Morgan fingerprint density at radius 3 is 1.00 bits per heavy atom. The number of carboxylic acids is 2. The van der Waals surface area contributed by atoms with Gasteiger partial charge in [-0.15, -0.1) is 0 Å². The van der Waals surface area contributed by atoms with Crippen LogP contribution in [0.4, 0.5) is 0 Å². The molecule has 0 atom stereocenters. The maximum absolute atomic E-state index is 9.60. The standard InChI is InChI=1S/2C4H6O2.Se2/c2*1-3(2)4(5)6;1-2/h2*1H2,2H3,(H,5,6);. The molecule has 0 saturated carbocycles. The molecule has 14 heavy (non-hydrogen) atoms. The first kappa shape index (κ1) is 19.1. The minimum absolute atomic E-state index is 0.176. The summed E-state index contributed by atoms with van der Waals surface area (Å²) in [5, 5.41) is 15.8. The molecule has 80 valence electrons. The molecule has 0 fully saturated rings. The van der Waals surface area contributed by atoms with Gasteiger partial charge in [0.2, 0.25) is 0 Å². The molecule has 4 nitrogen and oxygen atoms in total. The van der Waals surface area contributed by atoms with Crippen molar-refractivity contribution in [3.63, 3.8) is 0 Å². The van der Waals surface area contributed by atoms with Gasteiger partial charge in [0.05, 0.1) is 0 Å². The Morgan fingerprint density at radius 2 is 1.00 bits per heavy atom. The molecule has 0 aromatic carbocycles. The average molecular weight is 330 g/mol. The molecular formula is C8H12O4Se2. The van der Waals surface area contributed by atoms with E-state index >= 15 is 0 Å². The van der Waals surface area contributed by atoms with Gasteiger partial charge in [0.1, 0.15) is 0 Å². The van der Waals surface area contributed by atoms with E-state index in [1.54, 1.807) is 0 Å². The third-order valence-corrected chi connectivity index (χ3v) is 0.730. The van der Waals surface area contributed by atoms with Crippen LogP contribution in [0.1, 0.15) is 13.8 Å². The van der Waals surface area contributed by atoms with E-state index in [2.05, 4.69) is 40.5 Å². The van der Waals surface area contributed by atoms with Gasteiger partial charge in [-0.3, -0.25) is 0 Å². The first-order valence-electron chi connectivity index (χ1n) is 3.23. The third kappa shape index (κ3) is 22.5. The molecule has 0 aliphatic carbocycles. The predicted octanol–water partition coefficient (Wildman–Crippen LogP) is 0.533. The second kappa shape index (κ2) is 12.5. The summed E-state index contributed by atoms with van der Waals surface area (Å²) in [5.74, 6) is -1.87. The molecule has 0 aliphatic heterocycles. The van der Waals surface area contributed by atoms with E-state index < -0.39 is 11.9 Å². The second-order valence-electron chi connectivity index (χ2n) is 2.17. The van der Waals surface area contributed by atoms with Crippen LogP contribution in [0.15, 0.2) is 24.3 Å². The molecule has 6 heteroatoms. The summed E-state index contributed by atoms with van der Waals surface area (Å²) in [6.45, 7) is 9.20. The van der Waals surface area contributed by atoms with Gasteiger partial charge in [0.15, 0.2) is 0 Å². The Bertz CT molecular complexity index is 187. The number of rotatable bonds is 2. The van der Waals surface area contributed by atoms with Crippen molar-refractivity contribution in [2.24, 2.45) is 0 Å². The molecule has 0 aromatic heterocycles. The Kier molecular flexibility index (Phi) is 17.0. The normalized spacial score (nSPS) is 6.71. The van der Waals surface area contributed by atoms with Crippen molar-refractivity contribution in [2.45, 2.75) is 13.8 Å². The fourth-order valence-electron chi connectivity index (χ4n) is 0. The fraction of sp³-hybridized carbons (Fsp3) is 0.250. The van der Waals surface area contributed by atoms with Crippen LogP contribution in [0, 0.1) is 0 Å². The van der Waals surface area contributed by atoms with E-state index in [4.69, 9.17) is 10.2 Å². The average Bonchev–Trinajstić information content (AvgIpc) is 2.08. The minimum atomic E-state index is -0.935. The molecule has 0 radical (unpaired) electrons. The Hall–Kier alpha value is -0.541. The monoisotopic (exact) mass is 332 g/mol. The van der Waals surface area contributed by atoms with Gasteiger partial charge in [-0.2, -0.15) is 0 Å². The quantitative estimate of drug-likeness (QED) is 0.572. The molecule has 0 bridgehead atoms. The van der Waals surface area contributed by atoms with Gasteiger partial charge >= 0.3 is 39.2 Å². The Balaban J connectivity index is -0.000000147. The Labute approximate surface area is 97.2 Å². The van der Waals surface area contributed by atoms with Crippen LogP contribution < -0.4 is 0 Å². The van der Waals surface area contributed by atoms with Crippen LogP contribution in [0.2, 0.25) is 0 Å². The fourth-order valence-corrected chi connectivity index (χ4v) is 0. The molecular weight excluding hydrogens is 318 g/mol. The van der Waals surface area contributed by atoms with Crippen LogP contribution in [0.3, 0.4) is 0 Å². The summed E-state index contributed by atoms with van der Waals surface area (Å²) in [5.41, 5.74) is 0.352. The van der Waals surface area contributed by atoms with Crippen molar-refractivity contribution >= 4 is 39.2 Å². The van der Waals surface area contributed by atoms with Crippen LogP contribution in [0.5, 0.6) is 0 Å². The molecule has 0 saturated heterocycles. The summed E-state index contributed by atoms with van der Waals surface area (Å²) in [6.07, 6.45) is 0. The van der Waals surface area contributed by atoms with Crippen LogP contribution in [-0.4, -0.2) is 49.5 Å². The van der Waals surface area contributed by atoms with E-state index in [0.717, 1.165) is 0 Å². The van der Waals surface area contributed by atoms with Crippen molar-refractivity contribution in [3.05, 3.63) is 24.3 Å². The van der Waals surface area contributed by atoms with Gasteiger partial charge < -0.3 is 10.2 Å². The van der Waals surface area contributed by atoms with E-state index in [1.165, 1.54) is 13.8 Å². The van der Waals surface area contributed by atoms with Gasteiger partial charge in [-0.25, -0.2) is 9.59 Å². The summed E-state index contributed by atoms with van der Waals surface area (Å²) < 4.78 is 0. The van der Waals surface area contributed by atoms with Crippen LogP contribution in [-0.2, 0) is 9.59 Å². The van der Waals surface area contributed by atoms with Gasteiger partial charge in [0.25, 0.3) is 0 Å². The number of carbonyl (C=O) groups is 2. The summed E-state index contributed by atoms with van der Waals surface area (Å²) >= 11 is 5.00. The molecule has 0 aliphatic rings. The molecule has 0 rings (SSSR count). The van der Waals surface area contributed by atoms with Crippen molar-refractivity contribution < 1.29 is 19.8 Å². The van der Waals surface area contributed by atoms with E-state index in [1.807, 2.05) is 0 Å². The van der Waals surface area contributed by atoms with E-state index in [0.29, 0.717) is 0 Å². The topological polar surface area (TPSA) is 74.6 Å². The van der Waals surface area contributed by atoms with Gasteiger partial charge in [-0.1, -0.05) is 13.2 Å². The van der Waals surface area contributed by atoms with E-state index in [9.17, 15) is 9.59 Å². The van der Waals surface area contributed by atoms with Crippen molar-refractivity contribution in [1.29, 1.82) is 0 Å². The molecule has 0 unspecified atom stereocenters. The zero-order chi connectivity index (χ0) is 12.3. The van der Waals surface area contributed by atoms with Gasteiger partial charge in [-0.05, 0) is 13.8 Å². The first-order valence-corrected chi connectivity index (χ1v) is 7.56. The zero-order valence-electron chi connectivity index (χ0n) is 7.94. The van der Waals surface area contributed by atoms with Crippen LogP contribution in [0.25, 0.3) is 0 Å². The van der Waals surface area contributed by atoms with Gasteiger partial charge in [0, 0.05) is 11.1 Å². The predicted molar refractivity (Wildman–Crippen MR) is 56.4 cm³/mol. The number of hydrogen-bond donors (Lipinski definition) is 2. The summed E-state index contributed by atoms with van der Waals surface area (Å²) in [4.78, 5) is 19.2. The summed E-state index contributed by atoms with van der Waals surface area (Å²) in [6, 6.07) is 0. The van der Waals surface area contributed by atoms with Crippen LogP contribution >= 0.6 is 0 Å². The molecule has 0 aromatic rings. The first-order chi connectivity index (χ1) is 6.29. The maximum atomic E-state index is 9.60.